The second kappa shape index (κ2) is 7.67. The lowest BCUT2D eigenvalue weighted by molar-refractivity contribution is 0.321. The summed E-state index contributed by atoms with van der Waals surface area (Å²) in [5, 5.41) is 15.1. The summed E-state index contributed by atoms with van der Waals surface area (Å²) in [5.41, 5.74) is 3.71. The molecule has 1 saturated carbocycles. The highest BCUT2D eigenvalue weighted by Gasteiger charge is 2.48. The molecule has 0 atom stereocenters. The Morgan fingerprint density at radius 2 is 1.63 bits per heavy atom. The van der Waals surface area contributed by atoms with Gasteiger partial charge in [0.05, 0.1) is 6.21 Å². The Morgan fingerprint density at radius 3 is 2.15 bits per heavy atom. The van der Waals surface area contributed by atoms with E-state index in [0.717, 1.165) is 16.7 Å². The van der Waals surface area contributed by atoms with Gasteiger partial charge in [-0.2, -0.15) is 0 Å². The van der Waals surface area contributed by atoms with Gasteiger partial charge in [-0.15, -0.1) is 0 Å². The van der Waals surface area contributed by atoms with E-state index in [2.05, 4.69) is 71.0 Å². The molecule has 1 N–H and O–H groups in total. The molecule has 1 fully saturated rings. The average molecular weight is 384 g/mol. The standard InChI is InChI=1S/C23H33NO2Si/c1-15(2)27(16(3)4,17(5)6)26-23-21(18-11-12-18)13-19-9-7-8-10-20(19)22(23)14-24-25/h7-10,13-18,25H,11-12H2,1-6H3/b24-14+. The molecule has 0 amide bonds. The Hall–Kier alpha value is -1.81. The molecule has 3 rings (SSSR count). The van der Waals surface area contributed by atoms with Crippen molar-refractivity contribution < 1.29 is 9.63 Å². The number of hydrogen-bond acceptors (Lipinski definition) is 3. The maximum absolute atomic E-state index is 9.40. The lowest BCUT2D eigenvalue weighted by Gasteiger charge is -2.43. The Kier molecular flexibility index (Phi) is 5.66. The topological polar surface area (TPSA) is 41.8 Å². The van der Waals surface area contributed by atoms with Crippen molar-refractivity contribution in [1.82, 2.24) is 0 Å². The summed E-state index contributed by atoms with van der Waals surface area (Å²) < 4.78 is 7.15. The summed E-state index contributed by atoms with van der Waals surface area (Å²) in [7, 11) is -2.11. The first-order chi connectivity index (χ1) is 12.8. The van der Waals surface area contributed by atoms with E-state index in [9.17, 15) is 5.21 Å². The first-order valence-electron chi connectivity index (χ1n) is 10.2. The quantitative estimate of drug-likeness (QED) is 0.240. The normalized spacial score (nSPS) is 15.6. The van der Waals surface area contributed by atoms with Gasteiger partial charge in [0.15, 0.2) is 0 Å². The number of rotatable bonds is 7. The second-order valence-electron chi connectivity index (χ2n) is 8.87. The van der Waals surface area contributed by atoms with Gasteiger partial charge in [-0.25, -0.2) is 0 Å². The Bertz CT molecular complexity index is 816. The monoisotopic (exact) mass is 383 g/mol. The van der Waals surface area contributed by atoms with Gasteiger partial charge in [-0.1, -0.05) is 71.0 Å². The van der Waals surface area contributed by atoms with E-state index in [1.165, 1.54) is 23.8 Å². The van der Waals surface area contributed by atoms with Crippen LogP contribution >= 0.6 is 0 Å². The molecule has 0 unspecified atom stereocenters. The molecule has 2 aromatic rings. The van der Waals surface area contributed by atoms with Crippen LogP contribution in [-0.4, -0.2) is 19.7 Å². The maximum atomic E-state index is 9.40. The fourth-order valence-corrected chi connectivity index (χ4v) is 10.2. The molecule has 3 nitrogen and oxygen atoms in total. The smallest absolute Gasteiger partial charge is 0.258 e. The highest BCUT2D eigenvalue weighted by atomic mass is 28.4. The van der Waals surface area contributed by atoms with Crippen LogP contribution in [0.2, 0.25) is 16.6 Å². The third-order valence-electron chi connectivity index (χ3n) is 6.26. The minimum atomic E-state index is -2.11. The van der Waals surface area contributed by atoms with Crippen LogP contribution < -0.4 is 4.43 Å². The van der Waals surface area contributed by atoms with Gasteiger partial charge < -0.3 is 9.63 Å². The van der Waals surface area contributed by atoms with Crippen LogP contribution in [0.5, 0.6) is 5.75 Å². The van der Waals surface area contributed by atoms with E-state index in [1.807, 2.05) is 6.07 Å². The predicted molar refractivity (Wildman–Crippen MR) is 117 cm³/mol. The van der Waals surface area contributed by atoms with Gasteiger partial charge in [-0.05, 0) is 57.8 Å². The molecule has 0 aromatic heterocycles. The number of hydrogen-bond donors (Lipinski definition) is 1. The van der Waals surface area contributed by atoms with Crippen molar-refractivity contribution >= 4 is 25.3 Å². The Balaban J connectivity index is 2.28. The van der Waals surface area contributed by atoms with Crippen LogP contribution in [-0.2, 0) is 0 Å². The minimum Gasteiger partial charge on any atom is -0.542 e. The first kappa shape index (κ1) is 19.9. The van der Waals surface area contributed by atoms with Crippen molar-refractivity contribution in [2.45, 2.75) is 76.9 Å². The molecule has 0 spiro atoms. The van der Waals surface area contributed by atoms with Gasteiger partial charge in [0, 0.05) is 5.56 Å². The van der Waals surface area contributed by atoms with Crippen molar-refractivity contribution in [2.75, 3.05) is 0 Å². The highest BCUT2D eigenvalue weighted by molar-refractivity contribution is 6.78. The van der Waals surface area contributed by atoms with Crippen molar-refractivity contribution in [1.29, 1.82) is 0 Å². The molecule has 0 heterocycles. The summed E-state index contributed by atoms with van der Waals surface area (Å²) >= 11 is 0. The summed E-state index contributed by atoms with van der Waals surface area (Å²) in [4.78, 5) is 0. The van der Waals surface area contributed by atoms with E-state index >= 15 is 0 Å². The summed E-state index contributed by atoms with van der Waals surface area (Å²) in [6.45, 7) is 13.9. The largest absolute Gasteiger partial charge is 0.542 e. The molecule has 0 aliphatic heterocycles. The third-order valence-corrected chi connectivity index (χ3v) is 12.2. The molecule has 0 saturated heterocycles. The van der Waals surface area contributed by atoms with Crippen LogP contribution in [0.25, 0.3) is 10.8 Å². The molecule has 146 valence electrons. The zero-order valence-corrected chi connectivity index (χ0v) is 18.5. The van der Waals surface area contributed by atoms with Crippen molar-refractivity contribution in [3.63, 3.8) is 0 Å². The number of oxime groups is 1. The van der Waals surface area contributed by atoms with E-state index in [0.29, 0.717) is 22.5 Å². The van der Waals surface area contributed by atoms with Crippen molar-refractivity contribution in [2.24, 2.45) is 5.16 Å². The zero-order valence-electron chi connectivity index (χ0n) is 17.5. The van der Waals surface area contributed by atoms with Crippen LogP contribution in [0.15, 0.2) is 35.5 Å². The summed E-state index contributed by atoms with van der Waals surface area (Å²) in [6, 6.07) is 10.6. The SMILES string of the molecule is CC(C)[Si](Oc1c(C2CC2)cc2ccccc2c1/C=N/O)(C(C)C)C(C)C. The Labute approximate surface area is 164 Å². The summed E-state index contributed by atoms with van der Waals surface area (Å²) in [6.07, 6.45) is 4.00. The van der Waals surface area contributed by atoms with Gasteiger partial charge in [0.1, 0.15) is 5.75 Å². The van der Waals surface area contributed by atoms with Crippen LogP contribution in [0.3, 0.4) is 0 Å². The highest BCUT2D eigenvalue weighted by Crippen LogP contribution is 2.50. The van der Waals surface area contributed by atoms with Crippen molar-refractivity contribution in [3.8, 4) is 5.75 Å². The molecule has 2 aromatic carbocycles. The van der Waals surface area contributed by atoms with E-state index < -0.39 is 8.32 Å². The predicted octanol–water partition coefficient (Wildman–Crippen LogP) is 7.08. The van der Waals surface area contributed by atoms with Crippen LogP contribution in [0.1, 0.15) is 71.4 Å². The molecule has 1 aliphatic rings. The van der Waals surface area contributed by atoms with Crippen LogP contribution in [0.4, 0.5) is 0 Å². The molecule has 0 bridgehead atoms. The van der Waals surface area contributed by atoms with Gasteiger partial charge in [0.25, 0.3) is 8.32 Å². The molecular formula is C23H33NO2Si. The van der Waals surface area contributed by atoms with Crippen LogP contribution in [0, 0.1) is 0 Å². The zero-order chi connectivity index (χ0) is 19.8. The molecular weight excluding hydrogens is 350 g/mol. The number of benzene rings is 2. The van der Waals surface area contributed by atoms with Gasteiger partial charge in [-0.3, -0.25) is 0 Å². The third kappa shape index (κ3) is 3.52. The fourth-order valence-electron chi connectivity index (χ4n) is 4.91. The van der Waals surface area contributed by atoms with E-state index in [1.54, 1.807) is 6.21 Å². The van der Waals surface area contributed by atoms with E-state index in [-0.39, 0.29) is 0 Å². The van der Waals surface area contributed by atoms with E-state index in [4.69, 9.17) is 4.43 Å². The fraction of sp³-hybridized carbons (Fsp3) is 0.522. The second-order valence-corrected chi connectivity index (χ2v) is 14.2. The first-order valence-corrected chi connectivity index (χ1v) is 12.4. The maximum Gasteiger partial charge on any atom is 0.258 e. The molecule has 1 aliphatic carbocycles. The molecule has 4 heteroatoms. The van der Waals surface area contributed by atoms with Gasteiger partial charge >= 0.3 is 0 Å². The molecule has 0 radical (unpaired) electrons. The number of nitrogens with zero attached hydrogens (tertiary/aromatic N) is 1. The van der Waals surface area contributed by atoms with Crippen molar-refractivity contribution in [3.05, 3.63) is 41.5 Å². The lowest BCUT2D eigenvalue weighted by atomic mass is 9.97. The molecule has 27 heavy (non-hydrogen) atoms. The minimum absolute atomic E-state index is 0.495. The number of fused-ring (bicyclic) bond motifs is 1. The Morgan fingerprint density at radius 1 is 1.04 bits per heavy atom. The lowest BCUT2D eigenvalue weighted by Crippen LogP contribution is -2.51. The summed E-state index contributed by atoms with van der Waals surface area (Å²) in [5.74, 6) is 1.53. The van der Waals surface area contributed by atoms with Gasteiger partial charge in [0.2, 0.25) is 0 Å². The average Bonchev–Trinajstić information content (AvgIpc) is 3.44.